The van der Waals surface area contributed by atoms with Gasteiger partial charge in [0.25, 0.3) is 5.56 Å². The third-order valence-corrected chi connectivity index (χ3v) is 7.26. The van der Waals surface area contributed by atoms with Gasteiger partial charge < -0.3 is 28.6 Å². The lowest BCUT2D eigenvalue weighted by Gasteiger charge is -2.28. The van der Waals surface area contributed by atoms with Crippen LogP contribution in [-0.4, -0.2) is 50.2 Å². The molecule has 4 aromatic rings. The lowest BCUT2D eigenvalue weighted by Crippen LogP contribution is -2.36. The van der Waals surface area contributed by atoms with E-state index in [1.165, 1.54) is 28.2 Å². The fourth-order valence-corrected chi connectivity index (χ4v) is 5.22. The van der Waals surface area contributed by atoms with Crippen LogP contribution in [0.25, 0.3) is 22.2 Å². The number of fused-ring (bicyclic) bond motifs is 1. The van der Waals surface area contributed by atoms with E-state index in [9.17, 15) is 23.5 Å². The Hall–Kier alpha value is -3.05. The average molecular weight is 563 g/mol. The summed E-state index contributed by atoms with van der Waals surface area (Å²) in [6, 6.07) is 9.71. The maximum absolute atomic E-state index is 14.4. The second-order valence-electron chi connectivity index (χ2n) is 8.90. The van der Waals surface area contributed by atoms with Gasteiger partial charge in [0.15, 0.2) is 0 Å². The van der Waals surface area contributed by atoms with Gasteiger partial charge in [-0.15, -0.1) is 0 Å². The molecule has 5 rings (SSSR count). The van der Waals surface area contributed by atoms with Gasteiger partial charge >= 0.3 is 7.82 Å². The van der Waals surface area contributed by atoms with Gasteiger partial charge in [-0.1, -0.05) is 23.7 Å². The summed E-state index contributed by atoms with van der Waals surface area (Å²) in [6.45, 7) is 4.06. The van der Waals surface area contributed by atoms with Gasteiger partial charge in [-0.3, -0.25) is 9.32 Å². The van der Waals surface area contributed by atoms with Crippen LogP contribution in [0, 0.1) is 5.82 Å². The molecule has 1 unspecified atom stereocenters. The topological polar surface area (TPSA) is 119 Å². The van der Waals surface area contributed by atoms with E-state index in [1.54, 1.807) is 36.8 Å². The zero-order valence-electron chi connectivity index (χ0n) is 20.3. The van der Waals surface area contributed by atoms with Gasteiger partial charge in [0.1, 0.15) is 17.7 Å². The number of rotatable bonds is 7. The molecule has 38 heavy (non-hydrogen) atoms. The van der Waals surface area contributed by atoms with Gasteiger partial charge in [-0.25, -0.2) is 13.9 Å². The molecule has 0 radical (unpaired) electrons. The van der Waals surface area contributed by atoms with Crippen LogP contribution in [0.1, 0.15) is 18.7 Å². The number of phosphoric ester groups is 1. The van der Waals surface area contributed by atoms with Crippen molar-refractivity contribution in [2.45, 2.75) is 19.7 Å². The highest BCUT2D eigenvalue weighted by molar-refractivity contribution is 7.46. The van der Waals surface area contributed by atoms with Crippen molar-refractivity contribution < 1.29 is 28.0 Å². The fourth-order valence-electron chi connectivity index (χ4n) is 4.53. The van der Waals surface area contributed by atoms with Gasteiger partial charge in [0, 0.05) is 48.1 Å². The molecule has 0 saturated carbocycles. The number of anilines is 1. The first-order chi connectivity index (χ1) is 18.1. The minimum atomic E-state index is -4.78. The first-order valence-electron chi connectivity index (χ1n) is 11.8. The first-order valence-corrected chi connectivity index (χ1v) is 13.7. The molecule has 2 N–H and O–H groups in total. The van der Waals surface area contributed by atoms with Gasteiger partial charge in [-0.2, -0.15) is 0 Å². The average Bonchev–Trinajstić information content (AvgIpc) is 3.26. The molecule has 4 heterocycles. The molecule has 1 saturated heterocycles. The molecule has 1 fully saturated rings. The molecule has 0 aliphatic carbocycles. The zero-order valence-corrected chi connectivity index (χ0v) is 22.0. The van der Waals surface area contributed by atoms with Crippen molar-refractivity contribution in [1.82, 2.24) is 14.1 Å². The van der Waals surface area contributed by atoms with Crippen LogP contribution in [-0.2, 0) is 20.4 Å². The van der Waals surface area contributed by atoms with Gasteiger partial charge in [0.2, 0.25) is 0 Å². The molecular weight excluding hydrogens is 538 g/mol. The molecule has 1 aliphatic heterocycles. The standard InChI is InChI=1S/C25H25ClFN4O6P/c1-16(37-38(33,34)35)31-15-21(20-12-19(13-28-25(20)31)29-7-9-36-10-8-29)17-5-6-30(23(32)11-17)14-18-3-2-4-22(26)24(18)27/h2-6,11-13,15-16H,7-10,14H2,1H3,(H2,33,34,35). The van der Waals surface area contributed by atoms with Crippen molar-refractivity contribution in [2.24, 2.45) is 0 Å². The van der Waals surface area contributed by atoms with Crippen molar-refractivity contribution in [3.63, 3.8) is 0 Å². The van der Waals surface area contributed by atoms with Crippen LogP contribution in [0.5, 0.6) is 0 Å². The van der Waals surface area contributed by atoms with Crippen molar-refractivity contribution in [2.75, 3.05) is 31.2 Å². The van der Waals surface area contributed by atoms with E-state index in [2.05, 4.69) is 9.88 Å². The molecule has 0 bridgehead atoms. The summed E-state index contributed by atoms with van der Waals surface area (Å²) in [4.78, 5) is 38.4. The minimum absolute atomic E-state index is 0.00314. The lowest BCUT2D eigenvalue weighted by atomic mass is 10.1. The van der Waals surface area contributed by atoms with Crippen molar-refractivity contribution in [1.29, 1.82) is 0 Å². The molecule has 13 heteroatoms. The Morgan fingerprint density at radius 2 is 2.00 bits per heavy atom. The fraction of sp³-hybridized carbons (Fsp3) is 0.280. The number of hydrogen-bond donors (Lipinski definition) is 2. The summed E-state index contributed by atoms with van der Waals surface area (Å²) in [5.74, 6) is -0.575. The summed E-state index contributed by atoms with van der Waals surface area (Å²) >= 11 is 5.88. The normalized spacial score (nSPS) is 15.2. The predicted octanol–water partition coefficient (Wildman–Crippen LogP) is 4.17. The minimum Gasteiger partial charge on any atom is -0.378 e. The summed E-state index contributed by atoms with van der Waals surface area (Å²) in [6.07, 6.45) is 3.86. The first kappa shape index (κ1) is 26.6. The predicted molar refractivity (Wildman–Crippen MR) is 141 cm³/mol. The number of aromatic nitrogens is 3. The van der Waals surface area contributed by atoms with Crippen molar-refractivity contribution in [3.8, 4) is 11.1 Å². The van der Waals surface area contributed by atoms with Crippen LogP contribution < -0.4 is 10.5 Å². The largest absolute Gasteiger partial charge is 0.471 e. The number of pyridine rings is 2. The van der Waals surface area contributed by atoms with Crippen molar-refractivity contribution in [3.05, 3.63) is 81.7 Å². The van der Waals surface area contributed by atoms with Gasteiger partial charge in [0.05, 0.1) is 36.7 Å². The maximum Gasteiger partial charge on any atom is 0.471 e. The van der Waals surface area contributed by atoms with E-state index in [1.807, 2.05) is 6.07 Å². The second kappa shape index (κ2) is 10.6. The van der Waals surface area contributed by atoms with E-state index in [-0.39, 0.29) is 22.7 Å². The zero-order chi connectivity index (χ0) is 27.0. The maximum atomic E-state index is 14.4. The number of benzene rings is 1. The van der Waals surface area contributed by atoms with Crippen LogP contribution >= 0.6 is 19.4 Å². The highest BCUT2D eigenvalue weighted by Crippen LogP contribution is 2.42. The van der Waals surface area contributed by atoms with E-state index >= 15 is 0 Å². The number of halogens is 2. The Kier molecular flexibility index (Phi) is 7.41. The molecular formula is C25H25ClFN4O6P. The van der Waals surface area contributed by atoms with E-state index in [0.717, 1.165) is 5.69 Å². The van der Waals surface area contributed by atoms with Gasteiger partial charge in [-0.05, 0) is 30.7 Å². The monoisotopic (exact) mass is 562 g/mol. The molecule has 10 nitrogen and oxygen atoms in total. The van der Waals surface area contributed by atoms with Crippen LogP contribution in [0.2, 0.25) is 5.02 Å². The summed E-state index contributed by atoms with van der Waals surface area (Å²) in [5, 5.41) is 0.656. The number of nitrogens with zero attached hydrogens (tertiary/aromatic N) is 4. The molecule has 1 aromatic carbocycles. The SMILES string of the molecule is CC(OP(=O)(O)O)n1cc(-c2ccn(Cc3cccc(Cl)c3F)c(=O)c2)c2cc(N3CCOCC3)cnc21. The Bertz CT molecular complexity index is 1600. The summed E-state index contributed by atoms with van der Waals surface area (Å²) < 4.78 is 39.1. The quantitative estimate of drug-likeness (QED) is 0.322. The third kappa shape index (κ3) is 5.54. The molecule has 1 atom stereocenters. The summed E-state index contributed by atoms with van der Waals surface area (Å²) in [7, 11) is -4.78. The second-order valence-corrected chi connectivity index (χ2v) is 10.5. The number of phosphoric acid groups is 1. The molecule has 0 spiro atoms. The van der Waals surface area contributed by atoms with Crippen LogP contribution in [0.4, 0.5) is 10.1 Å². The van der Waals surface area contributed by atoms with E-state index in [4.69, 9.17) is 20.9 Å². The number of ether oxygens (including phenoxy) is 1. The molecule has 200 valence electrons. The number of morpholine rings is 1. The Labute approximate surface area is 222 Å². The Morgan fingerprint density at radius 3 is 2.71 bits per heavy atom. The number of hydrogen-bond acceptors (Lipinski definition) is 6. The molecule has 0 amide bonds. The lowest BCUT2D eigenvalue weighted by molar-refractivity contribution is 0.101. The van der Waals surface area contributed by atoms with Crippen LogP contribution in [0.3, 0.4) is 0 Å². The highest BCUT2D eigenvalue weighted by atomic mass is 35.5. The third-order valence-electron chi connectivity index (χ3n) is 6.39. The van der Waals surface area contributed by atoms with E-state index in [0.29, 0.717) is 48.5 Å². The molecule has 3 aromatic heterocycles. The van der Waals surface area contributed by atoms with E-state index < -0.39 is 19.9 Å². The van der Waals surface area contributed by atoms with Crippen molar-refractivity contribution >= 4 is 36.1 Å². The van der Waals surface area contributed by atoms with Crippen LogP contribution in [0.15, 0.2) is 59.8 Å². The molecule has 1 aliphatic rings. The highest BCUT2D eigenvalue weighted by Gasteiger charge is 2.24. The Balaban J connectivity index is 1.57. The smallest absolute Gasteiger partial charge is 0.378 e. The summed E-state index contributed by atoms with van der Waals surface area (Å²) in [5.41, 5.74) is 2.40. The Morgan fingerprint density at radius 1 is 1.24 bits per heavy atom.